The van der Waals surface area contributed by atoms with E-state index >= 15 is 0 Å². The lowest BCUT2D eigenvalue weighted by Gasteiger charge is -2.36. The van der Waals surface area contributed by atoms with Gasteiger partial charge in [0.2, 0.25) is 5.84 Å². The molecule has 14 heteroatoms. The molecule has 0 bridgehead atoms. The number of amidine groups is 1. The van der Waals surface area contributed by atoms with E-state index in [1.165, 1.54) is 34.3 Å². The number of nitrogens with zero attached hydrogens (tertiary/aromatic N) is 4. The van der Waals surface area contributed by atoms with Gasteiger partial charge in [0, 0.05) is 24.5 Å². The molecule has 3 rings (SSSR count). The van der Waals surface area contributed by atoms with Gasteiger partial charge in [0.15, 0.2) is 10.7 Å². The van der Waals surface area contributed by atoms with E-state index in [1.807, 2.05) is 0 Å². The molecule has 0 spiro atoms. The summed E-state index contributed by atoms with van der Waals surface area (Å²) in [5.41, 5.74) is 0.672. The Balaban J connectivity index is 1.57. The maximum Gasteiger partial charge on any atom is 0.276 e. The van der Waals surface area contributed by atoms with Gasteiger partial charge in [-0.05, 0) is 56.8 Å². The number of rotatable bonds is 7. The first-order valence-corrected chi connectivity index (χ1v) is 11.2. The van der Waals surface area contributed by atoms with Crippen molar-refractivity contribution in [3.63, 3.8) is 0 Å². The Morgan fingerprint density at radius 2 is 2.25 bits per heavy atom. The zero-order valence-corrected chi connectivity index (χ0v) is 17.5. The molecule has 1 saturated heterocycles. The van der Waals surface area contributed by atoms with Crippen molar-refractivity contribution in [2.24, 2.45) is 16.2 Å². The van der Waals surface area contributed by atoms with Crippen LogP contribution >= 0.6 is 27.7 Å². The van der Waals surface area contributed by atoms with Crippen LogP contribution in [0.2, 0.25) is 0 Å². The number of hydrogen-bond donors (Lipinski definition) is 3. The van der Waals surface area contributed by atoms with Crippen LogP contribution in [-0.2, 0) is 10.2 Å². The average molecular weight is 495 g/mol. The maximum atomic E-state index is 13.3. The van der Waals surface area contributed by atoms with Gasteiger partial charge in [-0.15, -0.1) is 11.8 Å². The molecule has 28 heavy (non-hydrogen) atoms. The molecule has 0 atom stereocenters. The van der Waals surface area contributed by atoms with E-state index in [4.69, 9.17) is 9.77 Å². The van der Waals surface area contributed by atoms with Crippen LogP contribution in [0.25, 0.3) is 0 Å². The Labute approximate surface area is 172 Å². The zero-order valence-electron chi connectivity index (χ0n) is 14.2. The molecule has 1 aliphatic rings. The summed E-state index contributed by atoms with van der Waals surface area (Å²) in [7, 11) is -3.61. The lowest BCUT2D eigenvalue weighted by molar-refractivity contribution is 0.197. The van der Waals surface area contributed by atoms with Crippen LogP contribution in [0.3, 0.4) is 0 Å². The van der Waals surface area contributed by atoms with Gasteiger partial charge in [0.1, 0.15) is 5.82 Å². The van der Waals surface area contributed by atoms with Crippen molar-refractivity contribution in [1.82, 2.24) is 14.6 Å². The Bertz CT molecular complexity index is 980. The van der Waals surface area contributed by atoms with Gasteiger partial charge in [0.25, 0.3) is 10.2 Å². The van der Waals surface area contributed by atoms with Crippen LogP contribution in [0.5, 0.6) is 0 Å². The van der Waals surface area contributed by atoms with Gasteiger partial charge < -0.3 is 10.5 Å². The zero-order chi connectivity index (χ0) is 20.3. The van der Waals surface area contributed by atoms with Crippen molar-refractivity contribution in [2.75, 3.05) is 24.2 Å². The van der Waals surface area contributed by atoms with E-state index in [9.17, 15) is 18.0 Å². The number of hydrogen-bond acceptors (Lipinski definition) is 8. The van der Waals surface area contributed by atoms with E-state index in [2.05, 4.69) is 36.7 Å². The van der Waals surface area contributed by atoms with Crippen molar-refractivity contribution in [3.05, 3.63) is 34.2 Å². The molecule has 1 fully saturated rings. The Kier molecular flexibility index (Phi) is 6.54. The molecule has 0 aliphatic carbocycles. The Morgan fingerprint density at radius 3 is 2.89 bits per heavy atom. The van der Waals surface area contributed by atoms with Gasteiger partial charge in [0.05, 0.1) is 4.47 Å². The third kappa shape index (κ3) is 5.00. The minimum Gasteiger partial charge on any atom is -0.409 e. The number of anilines is 1. The van der Waals surface area contributed by atoms with Crippen LogP contribution < -0.4 is 10.5 Å². The normalized spacial score (nSPS) is 16.2. The van der Waals surface area contributed by atoms with Crippen LogP contribution in [0.4, 0.5) is 10.1 Å². The third-order valence-electron chi connectivity index (χ3n) is 4.01. The summed E-state index contributed by atoms with van der Waals surface area (Å²) in [6, 6.07) is 4.20. The number of halogens is 2. The van der Waals surface area contributed by atoms with Gasteiger partial charge in [-0.1, -0.05) is 5.16 Å². The van der Waals surface area contributed by atoms with Crippen molar-refractivity contribution in [1.29, 1.82) is 0 Å². The predicted molar refractivity (Wildman–Crippen MR) is 104 cm³/mol. The number of aromatic nitrogens is 2. The Morgan fingerprint density at radius 1 is 1.50 bits per heavy atom. The molecule has 10 nitrogen and oxygen atoms in total. The van der Waals surface area contributed by atoms with Crippen LogP contribution in [0.15, 0.2) is 37.5 Å². The van der Waals surface area contributed by atoms with Gasteiger partial charge in [-0.3, -0.25) is 0 Å². The van der Waals surface area contributed by atoms with E-state index in [0.29, 0.717) is 29.6 Å². The molecule has 2 heterocycles. The van der Waals surface area contributed by atoms with E-state index in [-0.39, 0.29) is 21.9 Å². The largest absolute Gasteiger partial charge is 0.409 e. The standard InChI is InChI=1S/C14H16BrFN6O4S2/c15-10-5-9(1-2-11(10)16)18-13(19-23)12-14(21-26-20-12)27-4-3-8-6-22(7-8)28(17,24)25/h1-2,5,8,23H,3-4,6-7H2,(H,18,19)(H2,17,24,25). The number of nitrogens with two attached hydrogens (primary N) is 1. The number of benzene rings is 1. The number of thioether (sulfide) groups is 1. The van der Waals surface area contributed by atoms with Crippen molar-refractivity contribution in [2.45, 2.75) is 11.4 Å². The SMILES string of the molecule is NS(=O)(=O)N1CC(CCSc2nonc2/C(=N/O)Nc2ccc(F)c(Br)c2)C1. The number of nitrogens with one attached hydrogen (secondary N) is 1. The first kappa shape index (κ1) is 21.0. The summed E-state index contributed by atoms with van der Waals surface area (Å²) >= 11 is 4.41. The highest BCUT2D eigenvalue weighted by Gasteiger charge is 2.33. The Hall–Kier alpha value is -1.74. The van der Waals surface area contributed by atoms with Crippen molar-refractivity contribution >= 4 is 49.4 Å². The lowest BCUT2D eigenvalue weighted by Crippen LogP contribution is -2.52. The van der Waals surface area contributed by atoms with Crippen molar-refractivity contribution in [3.8, 4) is 0 Å². The topological polar surface area (TPSA) is 147 Å². The fourth-order valence-electron chi connectivity index (χ4n) is 2.50. The van der Waals surface area contributed by atoms with Crippen LogP contribution in [0, 0.1) is 11.7 Å². The summed E-state index contributed by atoms with van der Waals surface area (Å²) in [5.74, 6) is 0.413. The minimum atomic E-state index is -3.61. The summed E-state index contributed by atoms with van der Waals surface area (Å²) < 4.78 is 41.9. The molecule has 0 radical (unpaired) electrons. The van der Waals surface area contributed by atoms with E-state index in [0.717, 1.165) is 6.42 Å². The molecular weight excluding hydrogens is 479 g/mol. The molecule has 4 N–H and O–H groups in total. The summed E-state index contributed by atoms with van der Waals surface area (Å²) in [4.78, 5) is 0. The summed E-state index contributed by atoms with van der Waals surface area (Å²) in [6.07, 6.45) is 0.743. The molecule has 0 amide bonds. The second-order valence-corrected chi connectivity index (χ2v) is 9.47. The lowest BCUT2D eigenvalue weighted by atomic mass is 10.0. The molecule has 1 aromatic heterocycles. The fourth-order valence-corrected chi connectivity index (χ4v) is 4.71. The third-order valence-corrected chi connectivity index (χ3v) is 6.62. The van der Waals surface area contributed by atoms with E-state index in [1.54, 1.807) is 0 Å². The van der Waals surface area contributed by atoms with Gasteiger partial charge >= 0.3 is 0 Å². The molecular formula is C14H16BrFN6O4S2. The highest BCUT2D eigenvalue weighted by atomic mass is 79.9. The molecule has 0 unspecified atom stereocenters. The quantitative estimate of drug-likeness (QED) is 0.173. The average Bonchev–Trinajstić information content (AvgIpc) is 3.05. The first-order valence-electron chi connectivity index (χ1n) is 7.95. The molecule has 0 saturated carbocycles. The van der Waals surface area contributed by atoms with Crippen molar-refractivity contribution < 1.29 is 22.6 Å². The molecule has 2 aromatic rings. The second-order valence-electron chi connectivity index (χ2n) is 5.99. The smallest absolute Gasteiger partial charge is 0.276 e. The summed E-state index contributed by atoms with van der Waals surface area (Å²) in [6.45, 7) is 0.793. The molecule has 1 aromatic carbocycles. The highest BCUT2D eigenvalue weighted by molar-refractivity contribution is 9.10. The molecule has 152 valence electrons. The highest BCUT2D eigenvalue weighted by Crippen LogP contribution is 2.27. The second kappa shape index (κ2) is 8.73. The predicted octanol–water partition coefficient (Wildman–Crippen LogP) is 1.84. The first-order chi connectivity index (χ1) is 13.3. The fraction of sp³-hybridized carbons (Fsp3) is 0.357. The minimum absolute atomic E-state index is 0.00805. The van der Waals surface area contributed by atoms with Gasteiger partial charge in [-0.2, -0.15) is 12.7 Å². The maximum absolute atomic E-state index is 13.3. The van der Waals surface area contributed by atoms with Crippen LogP contribution in [0.1, 0.15) is 12.1 Å². The van der Waals surface area contributed by atoms with Gasteiger partial charge in [-0.25, -0.2) is 14.2 Å². The summed E-state index contributed by atoms with van der Waals surface area (Å²) in [5, 5.41) is 28.3. The van der Waals surface area contributed by atoms with Crippen LogP contribution in [-0.4, -0.2) is 52.9 Å². The number of oxime groups is 1. The van der Waals surface area contributed by atoms with E-state index < -0.39 is 16.0 Å². The monoisotopic (exact) mass is 494 g/mol. The molecule has 1 aliphatic heterocycles.